The maximum absolute atomic E-state index is 12.7. The number of aryl methyl sites for hydroxylation is 1. The molecule has 0 aromatic carbocycles. The molecule has 5 nitrogen and oxygen atoms in total. The molecule has 1 unspecified atom stereocenters. The predicted octanol–water partition coefficient (Wildman–Crippen LogP) is 2.09. The fourth-order valence-corrected chi connectivity index (χ4v) is 2.64. The number of likely N-dealkylation sites (tertiary alicyclic amines) is 1. The van der Waals surface area contributed by atoms with Gasteiger partial charge in [-0.1, -0.05) is 19.0 Å². The summed E-state index contributed by atoms with van der Waals surface area (Å²) in [6.45, 7) is 6.48. The molecular formula is C14H22N2O3. The standard InChI is InChI=1S/C14H22N2O3/c1-9(2)13-12(10(3)15-19-13)14(18)16-7-5-4-6-11(16)8-17/h9,11,17H,4-8H2,1-3H3. The molecule has 1 aromatic heterocycles. The summed E-state index contributed by atoms with van der Waals surface area (Å²) in [5.74, 6) is 0.712. The van der Waals surface area contributed by atoms with E-state index in [9.17, 15) is 9.90 Å². The van der Waals surface area contributed by atoms with Crippen molar-refractivity contribution >= 4 is 5.91 Å². The van der Waals surface area contributed by atoms with E-state index in [0.29, 0.717) is 23.6 Å². The first-order chi connectivity index (χ1) is 9.06. The van der Waals surface area contributed by atoms with Crippen molar-refractivity contribution in [2.45, 2.75) is 52.0 Å². The van der Waals surface area contributed by atoms with Gasteiger partial charge < -0.3 is 14.5 Å². The number of piperidine rings is 1. The van der Waals surface area contributed by atoms with Gasteiger partial charge in [-0.05, 0) is 26.2 Å². The Morgan fingerprint density at radius 1 is 1.53 bits per heavy atom. The van der Waals surface area contributed by atoms with Gasteiger partial charge in [0, 0.05) is 12.5 Å². The van der Waals surface area contributed by atoms with Crippen LogP contribution in [0.5, 0.6) is 0 Å². The van der Waals surface area contributed by atoms with Crippen LogP contribution in [0, 0.1) is 6.92 Å². The van der Waals surface area contributed by atoms with Gasteiger partial charge in [0.25, 0.3) is 5.91 Å². The van der Waals surface area contributed by atoms with Crippen LogP contribution in [0.25, 0.3) is 0 Å². The highest BCUT2D eigenvalue weighted by Gasteiger charge is 2.31. The second-order valence-corrected chi connectivity index (χ2v) is 5.49. The van der Waals surface area contributed by atoms with Gasteiger partial charge in [0.2, 0.25) is 0 Å². The van der Waals surface area contributed by atoms with Gasteiger partial charge in [0.1, 0.15) is 5.56 Å². The Kier molecular flexibility index (Phi) is 4.24. The first-order valence-corrected chi connectivity index (χ1v) is 6.94. The molecule has 0 bridgehead atoms. The summed E-state index contributed by atoms with van der Waals surface area (Å²) in [7, 11) is 0. The molecule has 19 heavy (non-hydrogen) atoms. The smallest absolute Gasteiger partial charge is 0.259 e. The van der Waals surface area contributed by atoms with E-state index < -0.39 is 0 Å². The zero-order chi connectivity index (χ0) is 14.0. The van der Waals surface area contributed by atoms with Gasteiger partial charge in [-0.15, -0.1) is 0 Å². The molecule has 1 saturated heterocycles. The Balaban J connectivity index is 2.30. The maximum atomic E-state index is 12.7. The molecule has 1 atom stereocenters. The van der Waals surface area contributed by atoms with Crippen molar-refractivity contribution in [1.29, 1.82) is 0 Å². The van der Waals surface area contributed by atoms with Gasteiger partial charge in [-0.3, -0.25) is 4.79 Å². The molecule has 5 heteroatoms. The average molecular weight is 266 g/mol. The molecule has 0 radical (unpaired) electrons. The van der Waals surface area contributed by atoms with Crippen LogP contribution in [-0.2, 0) is 0 Å². The largest absolute Gasteiger partial charge is 0.394 e. The van der Waals surface area contributed by atoms with Crippen LogP contribution in [-0.4, -0.2) is 40.3 Å². The number of amides is 1. The molecule has 1 fully saturated rings. The van der Waals surface area contributed by atoms with Crippen molar-refractivity contribution in [2.24, 2.45) is 0 Å². The molecule has 2 heterocycles. The lowest BCUT2D eigenvalue weighted by Crippen LogP contribution is -2.46. The maximum Gasteiger partial charge on any atom is 0.259 e. The lowest BCUT2D eigenvalue weighted by molar-refractivity contribution is 0.0499. The number of hydrogen-bond acceptors (Lipinski definition) is 4. The fraction of sp³-hybridized carbons (Fsp3) is 0.714. The summed E-state index contributed by atoms with van der Waals surface area (Å²) in [5, 5.41) is 13.3. The van der Waals surface area contributed by atoms with Crippen LogP contribution in [0.4, 0.5) is 0 Å². The molecule has 0 spiro atoms. The van der Waals surface area contributed by atoms with E-state index >= 15 is 0 Å². The van der Waals surface area contributed by atoms with Crippen molar-refractivity contribution in [3.63, 3.8) is 0 Å². The number of rotatable bonds is 3. The summed E-state index contributed by atoms with van der Waals surface area (Å²) in [5.41, 5.74) is 1.21. The van der Waals surface area contributed by atoms with Crippen molar-refractivity contribution in [1.82, 2.24) is 10.1 Å². The van der Waals surface area contributed by atoms with Crippen molar-refractivity contribution < 1.29 is 14.4 Å². The molecule has 0 aliphatic carbocycles. The van der Waals surface area contributed by atoms with Crippen LogP contribution in [0.1, 0.15) is 60.8 Å². The molecule has 2 rings (SSSR count). The highest BCUT2D eigenvalue weighted by Crippen LogP contribution is 2.26. The lowest BCUT2D eigenvalue weighted by Gasteiger charge is -2.34. The summed E-state index contributed by atoms with van der Waals surface area (Å²) < 4.78 is 5.28. The molecule has 1 N–H and O–H groups in total. The summed E-state index contributed by atoms with van der Waals surface area (Å²) >= 11 is 0. The normalized spacial score (nSPS) is 20.1. The summed E-state index contributed by atoms with van der Waals surface area (Å²) in [4.78, 5) is 14.5. The first kappa shape index (κ1) is 14.1. The second kappa shape index (κ2) is 5.74. The number of carbonyl (C=O) groups is 1. The van der Waals surface area contributed by atoms with Crippen molar-refractivity contribution in [2.75, 3.05) is 13.2 Å². The van der Waals surface area contributed by atoms with Crippen LogP contribution < -0.4 is 0 Å². The minimum absolute atomic E-state index is 0.0209. The number of aromatic nitrogens is 1. The number of nitrogens with zero attached hydrogens (tertiary/aromatic N) is 2. The van der Waals surface area contributed by atoms with Gasteiger partial charge in [0.05, 0.1) is 18.3 Å². The van der Waals surface area contributed by atoms with E-state index in [1.54, 1.807) is 11.8 Å². The quantitative estimate of drug-likeness (QED) is 0.909. The van der Waals surface area contributed by atoms with E-state index in [2.05, 4.69) is 5.16 Å². The zero-order valence-electron chi connectivity index (χ0n) is 11.8. The fourth-order valence-electron chi connectivity index (χ4n) is 2.64. The molecule has 1 aromatic rings. The molecule has 1 aliphatic heterocycles. The average Bonchev–Trinajstić information content (AvgIpc) is 2.80. The van der Waals surface area contributed by atoms with Crippen LogP contribution in [0.15, 0.2) is 4.52 Å². The van der Waals surface area contributed by atoms with Crippen molar-refractivity contribution in [3.8, 4) is 0 Å². The van der Waals surface area contributed by atoms with Crippen LogP contribution >= 0.6 is 0 Å². The van der Waals surface area contributed by atoms with Crippen LogP contribution in [0.2, 0.25) is 0 Å². The Morgan fingerprint density at radius 2 is 2.26 bits per heavy atom. The minimum atomic E-state index is -0.0736. The Labute approximate surface area is 113 Å². The Hall–Kier alpha value is -1.36. The molecule has 1 aliphatic rings. The summed E-state index contributed by atoms with van der Waals surface area (Å²) in [6, 6.07) is -0.0736. The Bertz CT molecular complexity index is 454. The molecule has 0 saturated carbocycles. The van der Waals surface area contributed by atoms with E-state index in [-0.39, 0.29) is 24.5 Å². The first-order valence-electron chi connectivity index (χ1n) is 6.94. The van der Waals surface area contributed by atoms with Gasteiger partial charge in [-0.25, -0.2) is 0 Å². The lowest BCUT2D eigenvalue weighted by atomic mass is 9.99. The molecule has 1 amide bonds. The third-order valence-corrected chi connectivity index (χ3v) is 3.73. The van der Waals surface area contributed by atoms with E-state index in [1.807, 2.05) is 13.8 Å². The monoisotopic (exact) mass is 266 g/mol. The van der Waals surface area contributed by atoms with E-state index in [4.69, 9.17) is 4.52 Å². The topological polar surface area (TPSA) is 66.6 Å². The SMILES string of the molecule is Cc1noc(C(C)C)c1C(=O)N1CCCCC1CO. The third-order valence-electron chi connectivity index (χ3n) is 3.73. The Morgan fingerprint density at radius 3 is 2.89 bits per heavy atom. The highest BCUT2D eigenvalue weighted by atomic mass is 16.5. The highest BCUT2D eigenvalue weighted by molar-refractivity contribution is 5.96. The van der Waals surface area contributed by atoms with Gasteiger partial charge >= 0.3 is 0 Å². The summed E-state index contributed by atoms with van der Waals surface area (Å²) in [6.07, 6.45) is 2.92. The molecule has 106 valence electrons. The molecular weight excluding hydrogens is 244 g/mol. The zero-order valence-corrected chi connectivity index (χ0v) is 11.8. The number of hydrogen-bond donors (Lipinski definition) is 1. The number of aliphatic hydroxyl groups excluding tert-OH is 1. The van der Waals surface area contributed by atoms with E-state index in [1.165, 1.54) is 0 Å². The van der Waals surface area contributed by atoms with E-state index in [0.717, 1.165) is 19.3 Å². The van der Waals surface area contributed by atoms with Crippen LogP contribution in [0.3, 0.4) is 0 Å². The number of carbonyl (C=O) groups excluding carboxylic acids is 1. The van der Waals surface area contributed by atoms with Crippen molar-refractivity contribution in [3.05, 3.63) is 17.0 Å². The predicted molar refractivity (Wildman–Crippen MR) is 71.1 cm³/mol. The number of aliphatic hydroxyl groups is 1. The third kappa shape index (κ3) is 2.66. The second-order valence-electron chi connectivity index (χ2n) is 5.49. The van der Waals surface area contributed by atoms with Gasteiger partial charge in [0.15, 0.2) is 5.76 Å². The minimum Gasteiger partial charge on any atom is -0.394 e. The van der Waals surface area contributed by atoms with Gasteiger partial charge in [-0.2, -0.15) is 0 Å².